The van der Waals surface area contributed by atoms with Crippen LogP contribution in [0.4, 0.5) is 0 Å². The van der Waals surface area contributed by atoms with Crippen molar-refractivity contribution in [1.82, 2.24) is 0 Å². The zero-order valence-corrected chi connectivity index (χ0v) is 25.9. The summed E-state index contributed by atoms with van der Waals surface area (Å²) in [6.07, 6.45) is 36.0. The molecule has 6 saturated carbocycles. The van der Waals surface area contributed by atoms with Gasteiger partial charge < -0.3 is 0 Å². The summed E-state index contributed by atoms with van der Waals surface area (Å²) < 4.78 is 0. The van der Waals surface area contributed by atoms with Crippen LogP contribution in [0, 0.1) is 71.0 Å². The van der Waals surface area contributed by atoms with Crippen molar-refractivity contribution in [3.63, 3.8) is 0 Å². The molecule has 0 amide bonds. The van der Waals surface area contributed by atoms with Gasteiger partial charge in [-0.1, -0.05) is 110 Å². The van der Waals surface area contributed by atoms with Gasteiger partial charge in [0.15, 0.2) is 0 Å². The van der Waals surface area contributed by atoms with E-state index in [1.807, 2.05) is 0 Å². The van der Waals surface area contributed by atoms with Gasteiger partial charge >= 0.3 is 0 Å². The minimum atomic E-state index is 1.01. The molecular formula is C36H63P. The van der Waals surface area contributed by atoms with Crippen LogP contribution in [0.15, 0.2) is 0 Å². The molecule has 212 valence electrons. The molecule has 0 saturated heterocycles. The van der Waals surface area contributed by atoms with Crippen LogP contribution >= 0.6 is 9.24 Å². The third kappa shape index (κ3) is 6.06. The summed E-state index contributed by atoms with van der Waals surface area (Å²) in [5, 5.41) is 0. The van der Waals surface area contributed by atoms with E-state index in [0.717, 1.165) is 71.0 Å². The Morgan fingerprint density at radius 3 is 1.46 bits per heavy atom. The molecule has 0 aromatic carbocycles. The Morgan fingerprint density at radius 1 is 0.486 bits per heavy atom. The summed E-state index contributed by atoms with van der Waals surface area (Å²) in [6, 6.07) is 0. The normalized spacial score (nSPS) is 38.1. The monoisotopic (exact) mass is 526 g/mol. The van der Waals surface area contributed by atoms with Crippen LogP contribution in [-0.2, 0) is 0 Å². The van der Waals surface area contributed by atoms with Crippen molar-refractivity contribution in [1.29, 1.82) is 0 Å². The van der Waals surface area contributed by atoms with Gasteiger partial charge in [-0.3, -0.25) is 0 Å². The highest BCUT2D eigenvalue weighted by Gasteiger charge is 2.52. The second-order valence-electron chi connectivity index (χ2n) is 15.8. The van der Waals surface area contributed by atoms with Crippen molar-refractivity contribution in [2.45, 2.75) is 148 Å². The zero-order chi connectivity index (χ0) is 25.2. The van der Waals surface area contributed by atoms with Crippen LogP contribution < -0.4 is 0 Å². The maximum atomic E-state index is 3.04. The van der Waals surface area contributed by atoms with Crippen molar-refractivity contribution in [2.24, 2.45) is 71.0 Å². The SMILES string of the molecule is CC(C1CCCC1)C(C1CCCC1)C(C1CCCC1)C(C1CCCC1)C1CC(C2CCC(CP)CC2)C1. The number of hydrogen-bond acceptors (Lipinski definition) is 0. The van der Waals surface area contributed by atoms with Gasteiger partial charge in [-0.25, -0.2) is 0 Å². The van der Waals surface area contributed by atoms with Crippen molar-refractivity contribution < 1.29 is 0 Å². The Balaban J connectivity index is 1.25. The maximum absolute atomic E-state index is 3.04. The van der Waals surface area contributed by atoms with E-state index in [9.17, 15) is 0 Å². The molecule has 6 rings (SSSR count). The molecule has 6 fully saturated rings. The van der Waals surface area contributed by atoms with Crippen molar-refractivity contribution in [3.05, 3.63) is 0 Å². The minimum Gasteiger partial charge on any atom is -0.137 e. The van der Waals surface area contributed by atoms with Gasteiger partial charge in [-0.2, -0.15) is 0 Å². The highest BCUT2D eigenvalue weighted by atomic mass is 31.0. The predicted molar refractivity (Wildman–Crippen MR) is 164 cm³/mol. The molecular weight excluding hydrogens is 463 g/mol. The average molecular weight is 527 g/mol. The van der Waals surface area contributed by atoms with Crippen LogP contribution in [0.25, 0.3) is 0 Å². The minimum absolute atomic E-state index is 1.01. The van der Waals surface area contributed by atoms with Crippen LogP contribution in [0.3, 0.4) is 0 Å². The summed E-state index contributed by atoms with van der Waals surface area (Å²) in [7, 11) is 3.04. The van der Waals surface area contributed by atoms with Crippen LogP contribution in [0.1, 0.15) is 148 Å². The van der Waals surface area contributed by atoms with Gasteiger partial charge in [0.25, 0.3) is 0 Å². The second-order valence-corrected chi connectivity index (χ2v) is 16.2. The molecule has 0 aromatic rings. The Labute approximate surface area is 234 Å². The first kappa shape index (κ1) is 27.6. The lowest BCUT2D eigenvalue weighted by molar-refractivity contribution is -0.0552. The van der Waals surface area contributed by atoms with Gasteiger partial charge in [0.2, 0.25) is 0 Å². The first-order valence-electron chi connectivity index (χ1n) is 17.9. The Bertz CT molecular complexity index is 663. The molecule has 0 spiro atoms. The average Bonchev–Trinajstić information content (AvgIpc) is 3.72. The summed E-state index contributed by atoms with van der Waals surface area (Å²) in [6.45, 7) is 2.81. The molecule has 0 radical (unpaired) electrons. The molecule has 0 heterocycles. The maximum Gasteiger partial charge on any atom is -0.0318 e. The van der Waals surface area contributed by atoms with Gasteiger partial charge in [0, 0.05) is 0 Å². The first-order chi connectivity index (χ1) is 18.2. The summed E-state index contributed by atoms with van der Waals surface area (Å²) in [5.41, 5.74) is 0. The highest BCUT2D eigenvalue weighted by Crippen LogP contribution is 2.60. The van der Waals surface area contributed by atoms with E-state index < -0.39 is 0 Å². The van der Waals surface area contributed by atoms with Gasteiger partial charge in [0.05, 0.1) is 0 Å². The molecule has 5 unspecified atom stereocenters. The Hall–Kier alpha value is 0.430. The number of rotatable bonds is 10. The lowest BCUT2D eigenvalue weighted by Crippen LogP contribution is -2.47. The standard InChI is InChI=1S/C36H63P/c1-25(27-10-2-3-11-27)34(29-12-4-5-13-29)36(31-16-8-9-17-31)35(30-14-6-7-15-30)33-22-32(23-33)28-20-18-26(24-37)19-21-28/h25-36H,2-24,37H2,1H3. The fraction of sp³-hybridized carbons (Fsp3) is 1.00. The van der Waals surface area contributed by atoms with E-state index in [1.54, 1.807) is 116 Å². The molecule has 37 heavy (non-hydrogen) atoms. The molecule has 0 aliphatic heterocycles. The Kier molecular flexibility index (Phi) is 9.66. The predicted octanol–water partition coefficient (Wildman–Crippen LogP) is 10.9. The third-order valence-corrected chi connectivity index (χ3v) is 14.8. The first-order valence-corrected chi connectivity index (χ1v) is 18.7. The van der Waals surface area contributed by atoms with Gasteiger partial charge in [-0.15, -0.1) is 9.24 Å². The summed E-state index contributed by atoms with van der Waals surface area (Å²) in [5.74, 6) is 13.0. The van der Waals surface area contributed by atoms with Crippen molar-refractivity contribution in [2.75, 3.05) is 6.16 Å². The molecule has 0 N–H and O–H groups in total. The summed E-state index contributed by atoms with van der Waals surface area (Å²) >= 11 is 0. The van der Waals surface area contributed by atoms with E-state index >= 15 is 0 Å². The van der Waals surface area contributed by atoms with Gasteiger partial charge in [-0.05, 0) is 116 Å². The van der Waals surface area contributed by atoms with E-state index in [0.29, 0.717) is 0 Å². The van der Waals surface area contributed by atoms with Crippen LogP contribution in [0.5, 0.6) is 0 Å². The molecule has 0 bridgehead atoms. The van der Waals surface area contributed by atoms with E-state index in [-0.39, 0.29) is 0 Å². The fourth-order valence-corrected chi connectivity index (χ4v) is 12.6. The van der Waals surface area contributed by atoms with Crippen LogP contribution in [-0.4, -0.2) is 6.16 Å². The molecule has 6 aliphatic rings. The quantitative estimate of drug-likeness (QED) is 0.248. The molecule has 5 atom stereocenters. The van der Waals surface area contributed by atoms with Gasteiger partial charge in [0.1, 0.15) is 0 Å². The van der Waals surface area contributed by atoms with E-state index in [4.69, 9.17) is 0 Å². The zero-order valence-electron chi connectivity index (χ0n) is 24.8. The lowest BCUT2D eigenvalue weighted by Gasteiger charge is -2.54. The molecule has 0 nitrogen and oxygen atoms in total. The lowest BCUT2D eigenvalue weighted by atomic mass is 9.51. The molecule has 0 aromatic heterocycles. The second kappa shape index (κ2) is 12.9. The van der Waals surface area contributed by atoms with Crippen LogP contribution in [0.2, 0.25) is 0 Å². The van der Waals surface area contributed by atoms with E-state index in [1.165, 1.54) is 31.8 Å². The molecule has 1 heteroatoms. The van der Waals surface area contributed by atoms with E-state index in [2.05, 4.69) is 16.2 Å². The number of hydrogen-bond donors (Lipinski definition) is 0. The third-order valence-electron chi connectivity index (χ3n) is 14.1. The summed E-state index contributed by atoms with van der Waals surface area (Å²) in [4.78, 5) is 0. The largest absolute Gasteiger partial charge is 0.137 e. The topological polar surface area (TPSA) is 0 Å². The smallest absolute Gasteiger partial charge is 0.0318 e. The van der Waals surface area contributed by atoms with Crippen molar-refractivity contribution in [3.8, 4) is 0 Å². The van der Waals surface area contributed by atoms with Crippen molar-refractivity contribution >= 4 is 9.24 Å². The fourth-order valence-electron chi connectivity index (χ4n) is 12.1. The highest BCUT2D eigenvalue weighted by molar-refractivity contribution is 7.16. The Morgan fingerprint density at radius 2 is 0.946 bits per heavy atom. The molecule has 6 aliphatic carbocycles.